The van der Waals surface area contributed by atoms with Gasteiger partial charge in [0.05, 0.1) is 11.1 Å². The molecule has 22 heavy (non-hydrogen) atoms. The third-order valence-corrected chi connectivity index (χ3v) is 2.38. The van der Waals surface area contributed by atoms with Crippen molar-refractivity contribution in [2.75, 3.05) is 13.2 Å². The molecule has 1 aromatic rings. The first-order valence-corrected chi connectivity index (χ1v) is 6.09. The lowest BCUT2D eigenvalue weighted by atomic mass is 10.1. The number of hydrogen-bond donors (Lipinski definition) is 2. The van der Waals surface area contributed by atoms with Crippen molar-refractivity contribution in [2.45, 2.75) is 13.1 Å². The van der Waals surface area contributed by atoms with E-state index in [1.165, 1.54) is 0 Å². The van der Waals surface area contributed by atoms with Crippen molar-refractivity contribution in [3.05, 3.63) is 29.3 Å². The summed E-state index contributed by atoms with van der Waals surface area (Å²) in [5, 5.41) is 13.1. The molecule has 1 rings (SSSR count). The van der Waals surface area contributed by atoms with Crippen LogP contribution in [0.2, 0.25) is 0 Å². The third kappa shape index (κ3) is 4.97. The molecule has 0 saturated carbocycles. The highest BCUT2D eigenvalue weighted by atomic mass is 19.4. The summed E-state index contributed by atoms with van der Waals surface area (Å²) in [5.41, 5.74) is -1.36. The van der Waals surface area contributed by atoms with Crippen molar-refractivity contribution < 1.29 is 27.5 Å². The monoisotopic (exact) mass is 315 g/mol. The molecular weight excluding hydrogens is 303 g/mol. The van der Waals surface area contributed by atoms with E-state index in [4.69, 9.17) is 10.00 Å². The minimum atomic E-state index is -4.58. The van der Waals surface area contributed by atoms with Crippen LogP contribution in [0.15, 0.2) is 18.2 Å². The summed E-state index contributed by atoms with van der Waals surface area (Å²) in [7, 11) is 0. The van der Waals surface area contributed by atoms with Crippen molar-refractivity contribution in [3.63, 3.8) is 0 Å². The summed E-state index contributed by atoms with van der Waals surface area (Å²) in [6.07, 6.45) is -4.58. The van der Waals surface area contributed by atoms with Crippen LogP contribution in [0, 0.1) is 11.3 Å². The topological polar surface area (TPSA) is 91.2 Å². The first-order chi connectivity index (χ1) is 10.3. The van der Waals surface area contributed by atoms with Gasteiger partial charge in [0, 0.05) is 6.54 Å². The normalized spacial score (nSPS) is 10.5. The minimum Gasteiger partial charge on any atom is -0.482 e. The molecule has 2 N–H and O–H groups in total. The van der Waals surface area contributed by atoms with Gasteiger partial charge in [0.2, 0.25) is 0 Å². The Bertz CT molecular complexity index is 609. The van der Waals surface area contributed by atoms with Crippen molar-refractivity contribution in [3.8, 4) is 11.8 Å². The summed E-state index contributed by atoms with van der Waals surface area (Å²) in [4.78, 5) is 22.4. The number of nitrogens with one attached hydrogen (secondary N) is 2. The van der Waals surface area contributed by atoms with Crippen molar-refractivity contribution in [2.24, 2.45) is 0 Å². The average molecular weight is 315 g/mol. The minimum absolute atomic E-state index is 0.179. The molecule has 0 atom stereocenters. The standard InChI is InChI=1S/C13H12F3N3O3/c1-2-18-12(21)19-11(20)7-22-10-4-3-9(13(14,15)16)5-8(10)6-17/h3-5H,2,7H2,1H3,(H2,18,19,20,21). The molecule has 0 saturated heterocycles. The SMILES string of the molecule is CCNC(=O)NC(=O)COc1ccc(C(F)(F)F)cc1C#N. The zero-order valence-electron chi connectivity index (χ0n) is 11.5. The van der Waals surface area contributed by atoms with Gasteiger partial charge in [0.15, 0.2) is 6.61 Å². The molecule has 0 unspecified atom stereocenters. The van der Waals surface area contributed by atoms with Gasteiger partial charge in [-0.05, 0) is 25.1 Å². The maximum Gasteiger partial charge on any atom is 0.416 e. The number of amides is 3. The summed E-state index contributed by atoms with van der Waals surface area (Å²) in [6.45, 7) is 1.36. The number of urea groups is 1. The summed E-state index contributed by atoms with van der Waals surface area (Å²) < 4.78 is 42.5. The number of hydrogen-bond acceptors (Lipinski definition) is 4. The maximum atomic E-state index is 12.5. The van der Waals surface area contributed by atoms with E-state index >= 15 is 0 Å². The van der Waals surface area contributed by atoms with Gasteiger partial charge in [-0.2, -0.15) is 18.4 Å². The highest BCUT2D eigenvalue weighted by Gasteiger charge is 2.31. The van der Waals surface area contributed by atoms with Gasteiger partial charge in [0.25, 0.3) is 5.91 Å². The predicted molar refractivity (Wildman–Crippen MR) is 68.9 cm³/mol. The number of benzene rings is 1. The summed E-state index contributed by atoms with van der Waals surface area (Å²) in [6, 6.07) is 3.14. The molecule has 3 amide bonds. The zero-order chi connectivity index (χ0) is 16.8. The largest absolute Gasteiger partial charge is 0.482 e. The average Bonchev–Trinajstić information content (AvgIpc) is 2.44. The fourth-order valence-corrected chi connectivity index (χ4v) is 1.43. The van der Waals surface area contributed by atoms with Gasteiger partial charge in [-0.15, -0.1) is 0 Å². The van der Waals surface area contributed by atoms with E-state index in [0.29, 0.717) is 12.6 Å². The number of ether oxygens (including phenoxy) is 1. The molecule has 0 aliphatic rings. The van der Waals surface area contributed by atoms with Crippen LogP contribution in [0.5, 0.6) is 5.75 Å². The van der Waals surface area contributed by atoms with E-state index in [9.17, 15) is 22.8 Å². The maximum absolute atomic E-state index is 12.5. The number of halogens is 3. The van der Waals surface area contributed by atoms with Crippen LogP contribution < -0.4 is 15.4 Å². The van der Waals surface area contributed by atoms with Crippen LogP contribution >= 0.6 is 0 Å². The lowest BCUT2D eigenvalue weighted by molar-refractivity contribution is -0.137. The van der Waals surface area contributed by atoms with E-state index < -0.39 is 30.3 Å². The number of alkyl halides is 3. The molecule has 1 aromatic carbocycles. The number of rotatable bonds is 4. The van der Waals surface area contributed by atoms with E-state index in [1.807, 2.05) is 5.32 Å². The lowest BCUT2D eigenvalue weighted by Crippen LogP contribution is -2.41. The Morgan fingerprint density at radius 1 is 1.36 bits per heavy atom. The molecule has 0 heterocycles. The van der Waals surface area contributed by atoms with E-state index in [2.05, 4.69) is 5.32 Å². The Kier molecular flexibility index (Phi) is 5.74. The van der Waals surface area contributed by atoms with Crippen molar-refractivity contribution >= 4 is 11.9 Å². The van der Waals surface area contributed by atoms with Crippen molar-refractivity contribution in [1.82, 2.24) is 10.6 Å². The first-order valence-electron chi connectivity index (χ1n) is 6.09. The number of nitrogens with zero attached hydrogens (tertiary/aromatic N) is 1. The molecule has 0 radical (unpaired) electrons. The molecule has 0 fully saturated rings. The van der Waals surface area contributed by atoms with Crippen LogP contribution in [0.25, 0.3) is 0 Å². The molecule has 0 spiro atoms. The van der Waals surface area contributed by atoms with Crippen LogP contribution in [0.3, 0.4) is 0 Å². The molecule has 0 aliphatic heterocycles. The van der Waals surface area contributed by atoms with Crippen LogP contribution in [0.1, 0.15) is 18.1 Å². The van der Waals surface area contributed by atoms with Gasteiger partial charge in [-0.1, -0.05) is 0 Å². The quantitative estimate of drug-likeness (QED) is 0.886. The zero-order valence-corrected chi connectivity index (χ0v) is 11.5. The van der Waals surface area contributed by atoms with Crippen LogP contribution in [0.4, 0.5) is 18.0 Å². The molecule has 9 heteroatoms. The van der Waals surface area contributed by atoms with Crippen LogP contribution in [-0.2, 0) is 11.0 Å². The molecular formula is C13H12F3N3O3. The Morgan fingerprint density at radius 2 is 2.05 bits per heavy atom. The summed E-state index contributed by atoms with van der Waals surface area (Å²) >= 11 is 0. The summed E-state index contributed by atoms with van der Waals surface area (Å²) in [5.74, 6) is -0.976. The fraction of sp³-hybridized carbons (Fsp3) is 0.308. The highest BCUT2D eigenvalue weighted by molar-refractivity contribution is 5.94. The Balaban J connectivity index is 2.73. The molecule has 0 bridgehead atoms. The lowest BCUT2D eigenvalue weighted by Gasteiger charge is -2.11. The van der Waals surface area contributed by atoms with Crippen LogP contribution in [-0.4, -0.2) is 25.1 Å². The Labute approximate surface area is 123 Å². The Hall–Kier alpha value is -2.76. The fourth-order valence-electron chi connectivity index (χ4n) is 1.43. The van der Waals surface area contributed by atoms with E-state index in [0.717, 1.165) is 12.1 Å². The first kappa shape index (κ1) is 17.3. The molecule has 118 valence electrons. The molecule has 0 aliphatic carbocycles. The molecule has 6 nitrogen and oxygen atoms in total. The highest BCUT2D eigenvalue weighted by Crippen LogP contribution is 2.32. The van der Waals surface area contributed by atoms with E-state index in [-0.39, 0.29) is 11.3 Å². The number of imide groups is 1. The Morgan fingerprint density at radius 3 is 2.59 bits per heavy atom. The second-order valence-corrected chi connectivity index (χ2v) is 4.02. The van der Waals surface area contributed by atoms with Gasteiger partial charge >= 0.3 is 12.2 Å². The van der Waals surface area contributed by atoms with Gasteiger partial charge in [0.1, 0.15) is 11.8 Å². The van der Waals surface area contributed by atoms with Gasteiger partial charge < -0.3 is 10.1 Å². The number of nitriles is 1. The van der Waals surface area contributed by atoms with E-state index in [1.54, 1.807) is 13.0 Å². The smallest absolute Gasteiger partial charge is 0.416 e. The number of carbonyl (C=O) groups excluding carboxylic acids is 2. The van der Waals surface area contributed by atoms with Crippen molar-refractivity contribution in [1.29, 1.82) is 5.26 Å². The van der Waals surface area contributed by atoms with Gasteiger partial charge in [-0.3, -0.25) is 10.1 Å². The van der Waals surface area contributed by atoms with Gasteiger partial charge in [-0.25, -0.2) is 4.79 Å². The predicted octanol–water partition coefficient (Wildman–Crippen LogP) is 1.80. The molecule has 0 aromatic heterocycles. The third-order valence-electron chi connectivity index (χ3n) is 2.38. The second-order valence-electron chi connectivity index (χ2n) is 4.02. The number of carbonyl (C=O) groups is 2. The second kappa shape index (κ2) is 7.31.